The van der Waals surface area contributed by atoms with Crippen LogP contribution in [-0.2, 0) is 17.8 Å². The molecule has 9 heteroatoms. The van der Waals surface area contributed by atoms with Gasteiger partial charge in [-0.1, -0.05) is 6.08 Å². The van der Waals surface area contributed by atoms with Gasteiger partial charge < -0.3 is 9.47 Å². The molecule has 32 heavy (non-hydrogen) atoms. The zero-order chi connectivity index (χ0) is 23.3. The lowest BCUT2D eigenvalue weighted by Crippen LogP contribution is -2.23. The SMILES string of the molecule is C=CCc1cc(/C=C2/SC(=NC)N(C)C2=O)cc(OC)c1OCc1ccc([N+](=O)[O-])cc1. The highest BCUT2D eigenvalue weighted by Gasteiger charge is 2.29. The molecule has 1 amide bonds. The lowest BCUT2D eigenvalue weighted by Gasteiger charge is -2.16. The van der Waals surface area contributed by atoms with Gasteiger partial charge in [0.2, 0.25) is 0 Å². The predicted molar refractivity (Wildman–Crippen MR) is 126 cm³/mol. The van der Waals surface area contributed by atoms with Crippen molar-refractivity contribution < 1.29 is 19.2 Å². The van der Waals surface area contributed by atoms with E-state index in [0.717, 1.165) is 16.7 Å². The first-order valence-electron chi connectivity index (χ1n) is 9.70. The molecule has 0 aliphatic carbocycles. The third kappa shape index (κ3) is 5.00. The van der Waals surface area contributed by atoms with Gasteiger partial charge in [0.1, 0.15) is 6.61 Å². The Morgan fingerprint density at radius 2 is 2.00 bits per heavy atom. The van der Waals surface area contributed by atoms with Crippen molar-refractivity contribution in [2.24, 2.45) is 4.99 Å². The zero-order valence-electron chi connectivity index (χ0n) is 18.0. The maximum atomic E-state index is 12.5. The number of rotatable bonds is 8. The smallest absolute Gasteiger partial charge is 0.269 e. The van der Waals surface area contributed by atoms with E-state index >= 15 is 0 Å². The molecule has 2 aromatic carbocycles. The molecular weight excluding hydrogens is 430 g/mol. The highest BCUT2D eigenvalue weighted by molar-refractivity contribution is 8.18. The predicted octanol–water partition coefficient (Wildman–Crippen LogP) is 4.44. The van der Waals surface area contributed by atoms with E-state index in [9.17, 15) is 14.9 Å². The maximum Gasteiger partial charge on any atom is 0.269 e. The number of non-ortho nitro benzene ring substituents is 1. The second kappa shape index (κ2) is 10.1. The Bertz CT molecular complexity index is 1110. The van der Waals surface area contributed by atoms with Crippen molar-refractivity contribution >= 4 is 34.6 Å². The Labute approximate surface area is 190 Å². The number of nitrogens with zero attached hydrogens (tertiary/aromatic N) is 3. The molecule has 0 atom stereocenters. The molecule has 1 fully saturated rings. The Hall–Kier alpha value is -3.59. The molecule has 1 heterocycles. The largest absolute Gasteiger partial charge is 0.493 e. The van der Waals surface area contributed by atoms with Gasteiger partial charge in [-0.3, -0.25) is 24.8 Å². The molecule has 0 saturated carbocycles. The topological polar surface area (TPSA) is 94.3 Å². The summed E-state index contributed by atoms with van der Waals surface area (Å²) in [5.41, 5.74) is 2.46. The number of allylic oxidation sites excluding steroid dienone is 1. The molecule has 0 spiro atoms. The summed E-state index contributed by atoms with van der Waals surface area (Å²) in [6, 6.07) is 9.93. The third-order valence-corrected chi connectivity index (χ3v) is 5.91. The van der Waals surface area contributed by atoms with Crippen molar-refractivity contribution in [1.82, 2.24) is 4.90 Å². The van der Waals surface area contributed by atoms with Crippen LogP contribution in [0.25, 0.3) is 6.08 Å². The summed E-state index contributed by atoms with van der Waals surface area (Å²) >= 11 is 1.32. The molecular formula is C23H23N3O5S. The normalized spacial score (nSPS) is 16.0. The van der Waals surface area contributed by atoms with E-state index in [1.807, 2.05) is 6.07 Å². The summed E-state index contributed by atoms with van der Waals surface area (Å²) in [5.74, 6) is 0.968. The summed E-state index contributed by atoms with van der Waals surface area (Å²) in [6.07, 6.45) is 4.10. The quantitative estimate of drug-likeness (QED) is 0.254. The van der Waals surface area contributed by atoms with E-state index in [-0.39, 0.29) is 18.2 Å². The molecule has 0 aromatic heterocycles. The molecule has 8 nitrogen and oxygen atoms in total. The molecule has 0 bridgehead atoms. The molecule has 166 valence electrons. The first-order valence-corrected chi connectivity index (χ1v) is 10.5. The molecule has 1 aliphatic heterocycles. The van der Waals surface area contributed by atoms with E-state index in [1.54, 1.807) is 51.6 Å². The first-order chi connectivity index (χ1) is 15.4. The van der Waals surface area contributed by atoms with E-state index in [4.69, 9.17) is 9.47 Å². The van der Waals surface area contributed by atoms with E-state index in [2.05, 4.69) is 11.6 Å². The molecule has 0 unspecified atom stereocenters. The van der Waals surface area contributed by atoms with Crippen LogP contribution in [0.15, 0.2) is 59.0 Å². The molecule has 0 radical (unpaired) electrons. The highest BCUT2D eigenvalue weighted by Crippen LogP contribution is 2.37. The fraction of sp³-hybridized carbons (Fsp3) is 0.217. The van der Waals surface area contributed by atoms with Crippen molar-refractivity contribution in [3.63, 3.8) is 0 Å². The summed E-state index contributed by atoms with van der Waals surface area (Å²) in [6.45, 7) is 4.03. The van der Waals surface area contributed by atoms with Crippen LogP contribution < -0.4 is 9.47 Å². The van der Waals surface area contributed by atoms with Crippen LogP contribution in [0.4, 0.5) is 5.69 Å². The number of methoxy groups -OCH3 is 1. The van der Waals surface area contributed by atoms with E-state index < -0.39 is 4.92 Å². The minimum atomic E-state index is -0.441. The van der Waals surface area contributed by atoms with Gasteiger partial charge in [-0.15, -0.1) is 6.58 Å². The van der Waals surface area contributed by atoms with Crippen LogP contribution in [0.1, 0.15) is 16.7 Å². The summed E-state index contributed by atoms with van der Waals surface area (Å²) in [5, 5.41) is 11.5. The lowest BCUT2D eigenvalue weighted by atomic mass is 10.0. The van der Waals surface area contributed by atoms with Gasteiger partial charge in [-0.2, -0.15) is 0 Å². The Balaban J connectivity index is 1.90. The van der Waals surface area contributed by atoms with E-state index in [1.165, 1.54) is 28.8 Å². The number of nitro groups is 1. The molecule has 0 N–H and O–H groups in total. The number of ether oxygens (including phenoxy) is 2. The number of benzene rings is 2. The first kappa shape index (κ1) is 23.1. The Kier molecular flexibility index (Phi) is 7.32. The Morgan fingerprint density at radius 3 is 2.56 bits per heavy atom. The molecule has 3 rings (SSSR count). The summed E-state index contributed by atoms with van der Waals surface area (Å²) < 4.78 is 11.6. The average Bonchev–Trinajstić information content (AvgIpc) is 3.06. The minimum absolute atomic E-state index is 0.0253. The maximum absolute atomic E-state index is 12.5. The monoisotopic (exact) mass is 453 g/mol. The van der Waals surface area contributed by atoms with Crippen LogP contribution in [0.2, 0.25) is 0 Å². The third-order valence-electron chi connectivity index (χ3n) is 4.76. The number of carbonyl (C=O) groups is 1. The second-order valence-corrected chi connectivity index (χ2v) is 7.91. The summed E-state index contributed by atoms with van der Waals surface area (Å²) in [7, 11) is 4.89. The zero-order valence-corrected chi connectivity index (χ0v) is 18.8. The van der Waals surface area contributed by atoms with Crippen molar-refractivity contribution in [3.8, 4) is 11.5 Å². The second-order valence-electron chi connectivity index (χ2n) is 6.90. The number of nitro benzene ring substituents is 1. The van der Waals surface area contributed by atoms with Gasteiger partial charge in [-0.25, -0.2) is 0 Å². The average molecular weight is 454 g/mol. The molecule has 1 aliphatic rings. The van der Waals surface area contributed by atoms with Crippen LogP contribution in [0, 0.1) is 10.1 Å². The fourth-order valence-electron chi connectivity index (χ4n) is 3.16. The van der Waals surface area contributed by atoms with Gasteiger partial charge in [-0.05, 0) is 59.7 Å². The van der Waals surface area contributed by atoms with E-state index in [0.29, 0.717) is 28.0 Å². The van der Waals surface area contributed by atoms with Crippen molar-refractivity contribution in [2.45, 2.75) is 13.0 Å². The number of amides is 1. The lowest BCUT2D eigenvalue weighted by molar-refractivity contribution is -0.384. The van der Waals surface area contributed by atoms with Crippen LogP contribution >= 0.6 is 11.8 Å². The number of likely N-dealkylation sites (N-methyl/N-ethyl adjacent to an activating group) is 1. The number of carbonyl (C=O) groups excluding carboxylic acids is 1. The van der Waals surface area contributed by atoms with Crippen molar-refractivity contribution in [2.75, 3.05) is 21.2 Å². The van der Waals surface area contributed by atoms with Gasteiger partial charge in [0.25, 0.3) is 11.6 Å². The minimum Gasteiger partial charge on any atom is -0.493 e. The van der Waals surface area contributed by atoms with Gasteiger partial charge >= 0.3 is 0 Å². The van der Waals surface area contributed by atoms with Crippen LogP contribution in [0.5, 0.6) is 11.5 Å². The standard InChI is InChI=1S/C23H23N3O5S/c1-5-6-17-11-16(13-20-22(27)25(3)23(24-2)32-20)12-19(30-4)21(17)31-14-15-7-9-18(10-8-15)26(28)29/h5,7-13H,1,6,14H2,2-4H3/b20-13+,24-23?. The van der Waals surface area contributed by atoms with Gasteiger partial charge in [0.15, 0.2) is 16.7 Å². The summed E-state index contributed by atoms with van der Waals surface area (Å²) in [4.78, 5) is 29.1. The van der Waals surface area contributed by atoms with Crippen molar-refractivity contribution in [3.05, 3.63) is 80.8 Å². The number of hydrogen-bond donors (Lipinski definition) is 0. The van der Waals surface area contributed by atoms with Crippen molar-refractivity contribution in [1.29, 1.82) is 0 Å². The van der Waals surface area contributed by atoms with Gasteiger partial charge in [0, 0.05) is 31.8 Å². The Morgan fingerprint density at radius 1 is 1.28 bits per heavy atom. The van der Waals surface area contributed by atoms with Crippen LogP contribution in [0.3, 0.4) is 0 Å². The highest BCUT2D eigenvalue weighted by atomic mass is 32.2. The number of thioether (sulfide) groups is 1. The number of aliphatic imine (C=N–C) groups is 1. The number of hydrogen-bond acceptors (Lipinski definition) is 7. The van der Waals surface area contributed by atoms with Crippen LogP contribution in [-0.4, -0.2) is 42.1 Å². The van der Waals surface area contributed by atoms with Gasteiger partial charge in [0.05, 0.1) is 16.9 Å². The molecule has 2 aromatic rings. The molecule has 1 saturated heterocycles. The number of amidine groups is 1. The fourth-order valence-corrected chi connectivity index (χ4v) is 4.09.